The summed E-state index contributed by atoms with van der Waals surface area (Å²) in [6.07, 6.45) is 2.07. The van der Waals surface area contributed by atoms with Crippen LogP contribution >= 0.6 is 0 Å². The molecule has 2 N–H and O–H groups in total. The van der Waals surface area contributed by atoms with Crippen molar-refractivity contribution in [1.82, 2.24) is 0 Å². The third-order valence-electron chi connectivity index (χ3n) is 2.44. The van der Waals surface area contributed by atoms with Crippen molar-refractivity contribution in [3.63, 3.8) is 0 Å². The van der Waals surface area contributed by atoms with Gasteiger partial charge in [-0.3, -0.25) is 0 Å². The number of aromatic hydroxyl groups is 1. The highest BCUT2D eigenvalue weighted by molar-refractivity contribution is 5.48. The molecule has 3 heteroatoms. The standard InChI is InChI=1S/C11H15NO2/c13-11-3-1-2-10(8-11)12-9-4-6-14-7-5-9/h1-3,8-9,12-13H,4-7H2. The topological polar surface area (TPSA) is 41.5 Å². The fourth-order valence-corrected chi connectivity index (χ4v) is 1.67. The Morgan fingerprint density at radius 2 is 2.07 bits per heavy atom. The Morgan fingerprint density at radius 1 is 1.29 bits per heavy atom. The molecular formula is C11H15NO2. The second-order valence-corrected chi connectivity index (χ2v) is 3.58. The maximum absolute atomic E-state index is 9.28. The van der Waals surface area contributed by atoms with Crippen molar-refractivity contribution in [2.75, 3.05) is 18.5 Å². The molecule has 0 bridgehead atoms. The Hall–Kier alpha value is -1.22. The summed E-state index contributed by atoms with van der Waals surface area (Å²) in [5.74, 6) is 0.307. The lowest BCUT2D eigenvalue weighted by atomic mass is 10.1. The van der Waals surface area contributed by atoms with Gasteiger partial charge in [0.15, 0.2) is 0 Å². The number of ether oxygens (including phenoxy) is 1. The predicted octanol–water partition coefficient (Wildman–Crippen LogP) is 1.98. The number of rotatable bonds is 2. The van der Waals surface area contributed by atoms with Crippen LogP contribution in [0, 0.1) is 0 Å². The Labute approximate surface area is 83.7 Å². The first-order valence-electron chi connectivity index (χ1n) is 4.98. The zero-order chi connectivity index (χ0) is 9.80. The summed E-state index contributed by atoms with van der Waals surface area (Å²) < 4.78 is 5.27. The molecule has 1 heterocycles. The molecule has 0 saturated carbocycles. The van der Waals surface area contributed by atoms with Crippen molar-refractivity contribution in [3.05, 3.63) is 24.3 Å². The average molecular weight is 193 g/mol. The second kappa shape index (κ2) is 4.33. The van der Waals surface area contributed by atoms with Crippen molar-refractivity contribution < 1.29 is 9.84 Å². The van der Waals surface area contributed by atoms with E-state index in [2.05, 4.69) is 5.32 Å². The van der Waals surface area contributed by atoms with Crippen LogP contribution in [0.5, 0.6) is 5.75 Å². The first-order chi connectivity index (χ1) is 6.84. The Morgan fingerprint density at radius 3 is 2.79 bits per heavy atom. The number of nitrogens with one attached hydrogen (secondary N) is 1. The van der Waals surface area contributed by atoms with Crippen LogP contribution in [0.25, 0.3) is 0 Å². The van der Waals surface area contributed by atoms with Crippen molar-refractivity contribution in [2.45, 2.75) is 18.9 Å². The second-order valence-electron chi connectivity index (χ2n) is 3.58. The largest absolute Gasteiger partial charge is 0.508 e. The lowest BCUT2D eigenvalue weighted by Gasteiger charge is -2.24. The van der Waals surface area contributed by atoms with Crippen LogP contribution in [0.1, 0.15) is 12.8 Å². The summed E-state index contributed by atoms with van der Waals surface area (Å²) in [4.78, 5) is 0. The Kier molecular flexibility index (Phi) is 2.89. The molecule has 0 amide bonds. The average Bonchev–Trinajstić information content (AvgIpc) is 2.19. The van der Waals surface area contributed by atoms with E-state index in [1.807, 2.05) is 12.1 Å². The van der Waals surface area contributed by atoms with E-state index in [0.717, 1.165) is 31.7 Å². The van der Waals surface area contributed by atoms with Gasteiger partial charge < -0.3 is 15.2 Å². The zero-order valence-corrected chi connectivity index (χ0v) is 8.07. The molecule has 14 heavy (non-hydrogen) atoms. The van der Waals surface area contributed by atoms with Crippen LogP contribution < -0.4 is 5.32 Å². The summed E-state index contributed by atoms with van der Waals surface area (Å²) in [5.41, 5.74) is 0.983. The number of phenols is 1. The third kappa shape index (κ3) is 2.39. The minimum absolute atomic E-state index is 0.307. The van der Waals surface area contributed by atoms with Crippen LogP contribution in [0.4, 0.5) is 5.69 Å². The smallest absolute Gasteiger partial charge is 0.117 e. The minimum Gasteiger partial charge on any atom is -0.508 e. The van der Waals surface area contributed by atoms with Crippen molar-refractivity contribution in [3.8, 4) is 5.75 Å². The first-order valence-corrected chi connectivity index (χ1v) is 4.98. The van der Waals surface area contributed by atoms with Crippen LogP contribution in [0.2, 0.25) is 0 Å². The van der Waals surface area contributed by atoms with Gasteiger partial charge in [0.05, 0.1) is 0 Å². The van der Waals surface area contributed by atoms with Gasteiger partial charge in [0.1, 0.15) is 5.75 Å². The van der Waals surface area contributed by atoms with Gasteiger partial charge in [0.25, 0.3) is 0 Å². The Balaban J connectivity index is 1.95. The monoisotopic (exact) mass is 193 g/mol. The van der Waals surface area contributed by atoms with Crippen LogP contribution in [0.3, 0.4) is 0 Å². The van der Waals surface area contributed by atoms with Gasteiger partial charge in [-0.15, -0.1) is 0 Å². The van der Waals surface area contributed by atoms with Gasteiger partial charge in [-0.25, -0.2) is 0 Å². The van der Waals surface area contributed by atoms with Gasteiger partial charge in [-0.1, -0.05) is 6.07 Å². The van der Waals surface area contributed by atoms with Crippen molar-refractivity contribution in [1.29, 1.82) is 0 Å². The summed E-state index contributed by atoms with van der Waals surface area (Å²) in [5, 5.41) is 12.7. The van der Waals surface area contributed by atoms with Gasteiger partial charge >= 0.3 is 0 Å². The maximum Gasteiger partial charge on any atom is 0.117 e. The fourth-order valence-electron chi connectivity index (χ4n) is 1.67. The Bertz CT molecular complexity index is 295. The van der Waals surface area contributed by atoms with Crippen molar-refractivity contribution in [2.24, 2.45) is 0 Å². The highest BCUT2D eigenvalue weighted by Gasteiger charge is 2.12. The summed E-state index contributed by atoms with van der Waals surface area (Å²) >= 11 is 0. The number of benzene rings is 1. The fraction of sp³-hybridized carbons (Fsp3) is 0.455. The van der Waals surface area contributed by atoms with E-state index in [1.165, 1.54) is 0 Å². The molecule has 0 spiro atoms. The molecule has 1 aliphatic rings. The highest BCUT2D eigenvalue weighted by Crippen LogP contribution is 2.19. The SMILES string of the molecule is Oc1cccc(NC2CCOCC2)c1. The molecule has 0 atom stereocenters. The summed E-state index contributed by atoms with van der Waals surface area (Å²) in [6.45, 7) is 1.66. The molecule has 3 nitrogen and oxygen atoms in total. The van der Waals surface area contributed by atoms with Crippen LogP contribution in [-0.2, 0) is 4.74 Å². The highest BCUT2D eigenvalue weighted by atomic mass is 16.5. The molecule has 0 unspecified atom stereocenters. The molecule has 1 aliphatic heterocycles. The van der Waals surface area contributed by atoms with E-state index in [4.69, 9.17) is 4.74 Å². The molecule has 76 valence electrons. The van der Waals surface area contributed by atoms with Gasteiger partial charge in [0, 0.05) is 31.0 Å². The number of hydrogen-bond acceptors (Lipinski definition) is 3. The molecule has 0 aromatic heterocycles. The predicted molar refractivity (Wildman–Crippen MR) is 55.6 cm³/mol. The van der Waals surface area contributed by atoms with Gasteiger partial charge in [0.2, 0.25) is 0 Å². The quantitative estimate of drug-likeness (QED) is 0.754. The lowest BCUT2D eigenvalue weighted by molar-refractivity contribution is 0.0904. The molecule has 1 aromatic carbocycles. The third-order valence-corrected chi connectivity index (χ3v) is 2.44. The van der Waals surface area contributed by atoms with E-state index >= 15 is 0 Å². The van der Waals surface area contributed by atoms with Gasteiger partial charge in [-0.2, -0.15) is 0 Å². The molecule has 1 saturated heterocycles. The van der Waals surface area contributed by atoms with E-state index in [0.29, 0.717) is 11.8 Å². The van der Waals surface area contributed by atoms with Crippen LogP contribution in [-0.4, -0.2) is 24.4 Å². The van der Waals surface area contributed by atoms with E-state index in [1.54, 1.807) is 12.1 Å². The summed E-state index contributed by atoms with van der Waals surface area (Å²) in [7, 11) is 0. The molecule has 0 aliphatic carbocycles. The zero-order valence-electron chi connectivity index (χ0n) is 8.07. The van der Waals surface area contributed by atoms with E-state index in [9.17, 15) is 5.11 Å². The number of hydrogen-bond donors (Lipinski definition) is 2. The molecular weight excluding hydrogens is 178 g/mol. The van der Waals surface area contributed by atoms with E-state index in [-0.39, 0.29) is 0 Å². The molecule has 1 fully saturated rings. The van der Waals surface area contributed by atoms with E-state index < -0.39 is 0 Å². The molecule has 2 rings (SSSR count). The maximum atomic E-state index is 9.28. The van der Waals surface area contributed by atoms with Crippen molar-refractivity contribution >= 4 is 5.69 Å². The molecule has 0 radical (unpaired) electrons. The number of phenolic OH excluding ortho intramolecular Hbond substituents is 1. The summed E-state index contributed by atoms with van der Waals surface area (Å²) in [6, 6.07) is 7.71. The first kappa shape index (κ1) is 9.34. The molecule has 1 aromatic rings. The normalized spacial score (nSPS) is 18.0. The van der Waals surface area contributed by atoms with Crippen LogP contribution in [0.15, 0.2) is 24.3 Å². The van der Waals surface area contributed by atoms with Gasteiger partial charge in [-0.05, 0) is 25.0 Å². The lowest BCUT2D eigenvalue weighted by Crippen LogP contribution is -2.27. The number of anilines is 1. The minimum atomic E-state index is 0.307.